The number of anilines is 2. The van der Waals surface area contributed by atoms with Crippen molar-refractivity contribution in [3.63, 3.8) is 0 Å². The number of hydrogen-bond acceptors (Lipinski definition) is 7. The van der Waals surface area contributed by atoms with Gasteiger partial charge in [0.2, 0.25) is 11.5 Å². The molecule has 2 heterocycles. The molecule has 1 aromatic carbocycles. The first-order chi connectivity index (χ1) is 10.0. The van der Waals surface area contributed by atoms with Crippen LogP contribution in [0.15, 0.2) is 27.2 Å². The van der Waals surface area contributed by atoms with E-state index in [1.54, 1.807) is 18.2 Å². The van der Waals surface area contributed by atoms with Gasteiger partial charge in [-0.1, -0.05) is 13.8 Å². The van der Waals surface area contributed by atoms with Crippen LogP contribution in [0.4, 0.5) is 11.5 Å². The van der Waals surface area contributed by atoms with Crippen molar-refractivity contribution in [3.8, 4) is 0 Å². The number of amides is 1. The van der Waals surface area contributed by atoms with Gasteiger partial charge in [-0.15, -0.1) is 0 Å². The Morgan fingerprint density at radius 1 is 1.33 bits per heavy atom. The van der Waals surface area contributed by atoms with Gasteiger partial charge in [0.05, 0.1) is 0 Å². The largest absolute Gasteiger partial charge is 0.440 e. The predicted molar refractivity (Wildman–Crippen MR) is 74.8 cm³/mol. The second-order valence-electron chi connectivity index (χ2n) is 4.84. The number of carbonyl (C=O) groups is 1. The van der Waals surface area contributed by atoms with Crippen LogP contribution in [0, 0.1) is 0 Å². The lowest BCUT2D eigenvalue weighted by Crippen LogP contribution is -2.14. The van der Waals surface area contributed by atoms with Crippen LogP contribution in [-0.2, 0) is 0 Å². The number of nitrogens with one attached hydrogen (secondary N) is 1. The van der Waals surface area contributed by atoms with Gasteiger partial charge in [0.25, 0.3) is 5.91 Å². The van der Waals surface area contributed by atoms with Crippen LogP contribution in [0.1, 0.15) is 36.1 Å². The monoisotopic (exact) mass is 287 g/mol. The van der Waals surface area contributed by atoms with Crippen molar-refractivity contribution in [2.75, 3.05) is 11.1 Å². The van der Waals surface area contributed by atoms with Crippen LogP contribution >= 0.6 is 0 Å². The zero-order valence-electron chi connectivity index (χ0n) is 11.5. The molecule has 3 N–H and O–H groups in total. The molecular formula is C13H13N5O3. The van der Waals surface area contributed by atoms with Gasteiger partial charge < -0.3 is 15.5 Å². The van der Waals surface area contributed by atoms with Crippen LogP contribution in [0.3, 0.4) is 0 Å². The van der Waals surface area contributed by atoms with Gasteiger partial charge in [-0.05, 0) is 28.5 Å². The summed E-state index contributed by atoms with van der Waals surface area (Å²) in [5, 5.41) is 9.45. The molecule has 0 aliphatic heterocycles. The fraction of sp³-hybridized carbons (Fsp3) is 0.231. The molecule has 3 rings (SSSR count). The maximum atomic E-state index is 11.9. The Hall–Kier alpha value is -2.90. The standard InChI is InChI=1S/C13H13N5O3/c1-6(2)13-16-8-5-7(3-4-9(8)20-13)15-12(19)10-11(14)18-21-17-10/h3-6H,1-2H3,(H2,14,18)(H,15,19). The highest BCUT2D eigenvalue weighted by atomic mass is 16.6. The second-order valence-corrected chi connectivity index (χ2v) is 4.84. The third-order valence-corrected chi connectivity index (χ3v) is 2.88. The Bertz CT molecular complexity index is 805. The highest BCUT2D eigenvalue weighted by Crippen LogP contribution is 2.24. The lowest BCUT2D eigenvalue weighted by Gasteiger charge is -2.01. The molecular weight excluding hydrogens is 274 g/mol. The quantitative estimate of drug-likeness (QED) is 0.757. The molecule has 0 saturated carbocycles. The van der Waals surface area contributed by atoms with E-state index in [-0.39, 0.29) is 17.4 Å². The molecule has 2 aromatic heterocycles. The van der Waals surface area contributed by atoms with Gasteiger partial charge in [0.15, 0.2) is 11.5 Å². The minimum Gasteiger partial charge on any atom is -0.440 e. The molecule has 0 bridgehead atoms. The topological polar surface area (TPSA) is 120 Å². The smallest absolute Gasteiger partial charge is 0.281 e. The van der Waals surface area contributed by atoms with Crippen molar-refractivity contribution in [1.82, 2.24) is 15.3 Å². The van der Waals surface area contributed by atoms with Gasteiger partial charge in [-0.25, -0.2) is 9.61 Å². The van der Waals surface area contributed by atoms with Crippen molar-refractivity contribution < 1.29 is 13.8 Å². The summed E-state index contributed by atoms with van der Waals surface area (Å²) in [5.41, 5.74) is 7.30. The first-order valence-electron chi connectivity index (χ1n) is 6.34. The third kappa shape index (κ3) is 2.42. The molecule has 0 unspecified atom stereocenters. The number of hydrogen-bond donors (Lipinski definition) is 2. The molecule has 0 radical (unpaired) electrons. The molecule has 0 spiro atoms. The molecule has 0 atom stereocenters. The van der Waals surface area contributed by atoms with Gasteiger partial charge in [0.1, 0.15) is 5.52 Å². The Labute approximate surface area is 119 Å². The maximum Gasteiger partial charge on any atom is 0.281 e. The Morgan fingerprint density at radius 2 is 2.14 bits per heavy atom. The van der Waals surface area contributed by atoms with Crippen LogP contribution in [0.25, 0.3) is 11.1 Å². The van der Waals surface area contributed by atoms with Crippen LogP contribution in [0.2, 0.25) is 0 Å². The van der Waals surface area contributed by atoms with E-state index in [4.69, 9.17) is 10.2 Å². The number of rotatable bonds is 3. The number of carbonyl (C=O) groups excluding carboxylic acids is 1. The van der Waals surface area contributed by atoms with E-state index < -0.39 is 5.91 Å². The molecule has 0 fully saturated rings. The number of oxazole rings is 1. The minimum absolute atomic E-state index is 0.0573. The zero-order chi connectivity index (χ0) is 15.0. The summed E-state index contributed by atoms with van der Waals surface area (Å²) >= 11 is 0. The van der Waals surface area contributed by atoms with E-state index in [0.29, 0.717) is 22.7 Å². The molecule has 1 amide bonds. The summed E-state index contributed by atoms with van der Waals surface area (Å²) in [6.45, 7) is 3.99. The summed E-state index contributed by atoms with van der Waals surface area (Å²) in [5.74, 6) is 0.285. The summed E-state index contributed by atoms with van der Waals surface area (Å²) in [6.07, 6.45) is 0. The van der Waals surface area contributed by atoms with Crippen molar-refractivity contribution >= 4 is 28.5 Å². The highest BCUT2D eigenvalue weighted by Gasteiger charge is 2.17. The second kappa shape index (κ2) is 4.89. The summed E-state index contributed by atoms with van der Waals surface area (Å²) in [7, 11) is 0. The van der Waals surface area contributed by atoms with E-state index >= 15 is 0 Å². The van der Waals surface area contributed by atoms with Gasteiger partial charge in [-0.3, -0.25) is 4.79 Å². The summed E-state index contributed by atoms with van der Waals surface area (Å²) in [4.78, 5) is 16.3. The fourth-order valence-corrected chi connectivity index (χ4v) is 1.81. The number of benzene rings is 1. The number of fused-ring (bicyclic) bond motifs is 1. The van der Waals surface area contributed by atoms with Crippen molar-refractivity contribution in [2.45, 2.75) is 19.8 Å². The van der Waals surface area contributed by atoms with Crippen molar-refractivity contribution in [2.24, 2.45) is 0 Å². The third-order valence-electron chi connectivity index (χ3n) is 2.88. The van der Waals surface area contributed by atoms with Gasteiger partial charge in [0, 0.05) is 11.6 Å². The summed E-state index contributed by atoms with van der Waals surface area (Å²) < 4.78 is 9.99. The Kier molecular flexibility index (Phi) is 3.05. The molecule has 8 heteroatoms. The van der Waals surface area contributed by atoms with Gasteiger partial charge in [-0.2, -0.15) is 0 Å². The zero-order valence-corrected chi connectivity index (χ0v) is 11.5. The SMILES string of the molecule is CC(C)c1nc2cc(NC(=O)c3nonc3N)ccc2o1. The maximum absolute atomic E-state index is 11.9. The molecule has 8 nitrogen and oxygen atoms in total. The number of nitrogens with two attached hydrogens (primary N) is 1. The van der Waals surface area contributed by atoms with Crippen LogP contribution < -0.4 is 11.1 Å². The highest BCUT2D eigenvalue weighted by molar-refractivity contribution is 6.06. The Morgan fingerprint density at radius 3 is 2.81 bits per heavy atom. The average molecular weight is 287 g/mol. The molecule has 108 valence electrons. The number of nitrogens with zero attached hydrogens (tertiary/aromatic N) is 3. The fourth-order valence-electron chi connectivity index (χ4n) is 1.81. The normalized spacial score (nSPS) is 11.2. The molecule has 0 saturated heterocycles. The van der Waals surface area contributed by atoms with E-state index in [1.807, 2.05) is 13.8 Å². The number of nitrogen functional groups attached to an aromatic ring is 1. The number of aromatic nitrogens is 3. The molecule has 0 aliphatic rings. The molecule has 3 aromatic rings. The van der Waals surface area contributed by atoms with Gasteiger partial charge >= 0.3 is 0 Å². The van der Waals surface area contributed by atoms with Crippen LogP contribution in [-0.4, -0.2) is 21.2 Å². The van der Waals surface area contributed by atoms with Crippen molar-refractivity contribution in [3.05, 3.63) is 29.8 Å². The average Bonchev–Trinajstić information content (AvgIpc) is 3.04. The van der Waals surface area contributed by atoms with Crippen molar-refractivity contribution in [1.29, 1.82) is 0 Å². The predicted octanol–water partition coefficient (Wildman–Crippen LogP) is 2.17. The summed E-state index contributed by atoms with van der Waals surface area (Å²) in [6, 6.07) is 5.17. The van der Waals surface area contributed by atoms with E-state index in [9.17, 15) is 4.79 Å². The lowest BCUT2D eigenvalue weighted by molar-refractivity contribution is 0.101. The minimum atomic E-state index is -0.499. The van der Waals surface area contributed by atoms with Crippen LogP contribution in [0.5, 0.6) is 0 Å². The Balaban J connectivity index is 1.87. The first-order valence-corrected chi connectivity index (χ1v) is 6.34. The van der Waals surface area contributed by atoms with E-state index in [0.717, 1.165) is 0 Å². The molecule has 0 aliphatic carbocycles. The first kappa shape index (κ1) is 13.1. The lowest BCUT2D eigenvalue weighted by atomic mass is 10.2. The van der Waals surface area contributed by atoms with E-state index in [1.165, 1.54) is 0 Å². The molecule has 21 heavy (non-hydrogen) atoms. The van der Waals surface area contributed by atoms with E-state index in [2.05, 4.69) is 25.2 Å².